The summed E-state index contributed by atoms with van der Waals surface area (Å²) in [5.41, 5.74) is 5.37. The normalized spacial score (nSPS) is 14.7. The molecule has 0 spiro atoms. The third kappa shape index (κ3) is 39.2. The van der Waals surface area contributed by atoms with Gasteiger partial charge in [-0.15, -0.1) is 78.2 Å². The Morgan fingerprint density at radius 1 is 0.500 bits per heavy atom. The van der Waals surface area contributed by atoms with Crippen molar-refractivity contribution in [1.29, 1.82) is 0 Å². The monoisotopic (exact) mass is 832 g/mol. The summed E-state index contributed by atoms with van der Waals surface area (Å²) in [4.78, 5) is 0. The Labute approximate surface area is 253 Å². The Hall–Kier alpha value is -0.0197. The summed E-state index contributed by atoms with van der Waals surface area (Å²) in [7, 11) is 0. The van der Waals surface area contributed by atoms with Crippen LogP contribution in [-0.4, -0.2) is 6.51 Å². The minimum absolute atomic E-state index is 0. The molecular weight excluding hydrogens is 788 g/mol. The van der Waals surface area contributed by atoms with Crippen molar-refractivity contribution in [3.8, 4) is 0 Å². The van der Waals surface area contributed by atoms with Gasteiger partial charge in [0, 0.05) is 0 Å². The average Bonchev–Trinajstić information content (AvgIpc) is 3.47. The van der Waals surface area contributed by atoms with Crippen molar-refractivity contribution in [3.05, 3.63) is 95.2 Å². The Balaban J connectivity index is -0.000000159. The maximum atomic E-state index is 3.05. The zero-order valence-electron chi connectivity index (χ0n) is 22.3. The number of rotatable bonds is 0. The summed E-state index contributed by atoms with van der Waals surface area (Å²) in [6, 6.07) is 0. The molecule has 0 bridgehead atoms. The fourth-order valence-corrected chi connectivity index (χ4v) is 2.00. The summed E-state index contributed by atoms with van der Waals surface area (Å²) >= 11 is 2.53. The van der Waals surface area contributed by atoms with Crippen LogP contribution in [0.3, 0.4) is 0 Å². The van der Waals surface area contributed by atoms with Gasteiger partial charge in [-0.25, -0.2) is 46.6 Å². The molecule has 34 heavy (non-hydrogen) atoms. The Kier molecular flexibility index (Phi) is 35.3. The largest absolute Gasteiger partial charge is 0.147 e. The van der Waals surface area contributed by atoms with Crippen molar-refractivity contribution in [3.63, 3.8) is 0 Å². The molecule has 0 aromatic heterocycles. The van der Waals surface area contributed by atoms with Crippen molar-refractivity contribution < 1.29 is 47.8 Å². The maximum Gasteiger partial charge on any atom is -0.147 e. The molecule has 0 aromatic carbocycles. The van der Waals surface area contributed by atoms with Gasteiger partial charge in [0.25, 0.3) is 0 Å². The van der Waals surface area contributed by atoms with E-state index in [2.05, 4.69) is 104 Å². The SMILES string of the molecule is CC1=CC[C-]=C1.CC1=CC[C-]=C1.CC1=CC[C-]=C1.CC1=CC[C-]=C1.C[C](C)=[Hf+2].C[C](C)=[Hf+2].Cl.Cl. The second-order valence-electron chi connectivity index (χ2n) is 8.00. The summed E-state index contributed by atoms with van der Waals surface area (Å²) in [5.74, 6) is 0. The summed E-state index contributed by atoms with van der Waals surface area (Å²) in [6.45, 7) is 16.9. The standard InChI is InChI=1S/4C6H7.2C3H6.2ClH.2Hf/c4*1-6-4-2-3-5-6;2*1-3-2;;;;/h4*4-5H,2H2,1H3;2*1-2H3;2*1H;;/q4*-1;;;;;2*+2. The predicted octanol–water partition coefficient (Wildman–Crippen LogP) is 9.12. The van der Waals surface area contributed by atoms with Crippen LogP contribution in [0, 0.1) is 24.3 Å². The fourth-order valence-electron chi connectivity index (χ4n) is 2.00. The van der Waals surface area contributed by atoms with Crippen molar-refractivity contribution >= 4 is 31.3 Å². The summed E-state index contributed by atoms with van der Waals surface area (Å²) < 4.78 is 3.11. The van der Waals surface area contributed by atoms with Crippen LogP contribution in [0.2, 0.25) is 0 Å². The van der Waals surface area contributed by atoms with Crippen molar-refractivity contribution in [2.24, 2.45) is 0 Å². The van der Waals surface area contributed by atoms with Crippen LogP contribution >= 0.6 is 24.8 Å². The minimum atomic E-state index is 0. The molecule has 0 saturated heterocycles. The van der Waals surface area contributed by atoms with E-state index in [1.54, 1.807) is 6.51 Å². The van der Waals surface area contributed by atoms with Crippen LogP contribution in [-0.2, 0) is 47.8 Å². The van der Waals surface area contributed by atoms with Gasteiger partial charge >= 0.3 is 82.0 Å². The van der Waals surface area contributed by atoms with E-state index in [9.17, 15) is 0 Å². The van der Waals surface area contributed by atoms with Crippen molar-refractivity contribution in [2.75, 3.05) is 0 Å². The van der Waals surface area contributed by atoms with Gasteiger partial charge in [0.1, 0.15) is 0 Å². The second kappa shape index (κ2) is 29.2. The molecule has 0 unspecified atom stereocenters. The smallest absolute Gasteiger partial charge is 0.147 e. The van der Waals surface area contributed by atoms with E-state index in [0.717, 1.165) is 25.7 Å². The molecule has 0 aromatic rings. The van der Waals surface area contributed by atoms with Gasteiger partial charge in [-0.05, 0) is 0 Å². The van der Waals surface area contributed by atoms with E-state index in [1.165, 1.54) is 70.1 Å². The van der Waals surface area contributed by atoms with Crippen molar-refractivity contribution in [1.82, 2.24) is 0 Å². The molecule has 4 heteroatoms. The molecule has 4 aliphatic rings. The minimum Gasteiger partial charge on any atom is -0.147 e. The number of hydrogen-bond acceptors (Lipinski definition) is 0. The van der Waals surface area contributed by atoms with Crippen LogP contribution in [0.5, 0.6) is 0 Å². The van der Waals surface area contributed by atoms with Gasteiger partial charge in [0.05, 0.1) is 0 Å². The molecule has 4 rings (SSSR count). The molecule has 0 radical (unpaired) electrons. The summed E-state index contributed by atoms with van der Waals surface area (Å²) in [6.07, 6.45) is 33.0. The van der Waals surface area contributed by atoms with Gasteiger partial charge in [-0.1, -0.05) is 0 Å². The van der Waals surface area contributed by atoms with Crippen LogP contribution in [0.25, 0.3) is 0 Å². The van der Waals surface area contributed by atoms with E-state index in [-0.39, 0.29) is 24.8 Å². The number of halogens is 2. The average molecular weight is 831 g/mol. The van der Waals surface area contributed by atoms with E-state index in [0.29, 0.717) is 0 Å². The van der Waals surface area contributed by atoms with Gasteiger partial charge in [0.15, 0.2) is 0 Å². The first-order valence-electron chi connectivity index (χ1n) is 11.0. The molecule has 0 nitrogen and oxygen atoms in total. The topological polar surface area (TPSA) is 0 Å². The zero-order chi connectivity index (χ0) is 24.8. The van der Waals surface area contributed by atoms with Crippen LogP contribution in [0.4, 0.5) is 0 Å². The number of hydrogen-bond donors (Lipinski definition) is 0. The van der Waals surface area contributed by atoms with Crippen molar-refractivity contribution in [2.45, 2.75) is 81.1 Å². The van der Waals surface area contributed by atoms with Crippen LogP contribution in [0.15, 0.2) is 70.9 Å². The van der Waals surface area contributed by atoms with E-state index in [1.807, 2.05) is 24.3 Å². The molecular formula is C30H42Cl2Hf2. The van der Waals surface area contributed by atoms with Gasteiger partial charge in [0.2, 0.25) is 0 Å². The first-order chi connectivity index (χ1) is 15.0. The molecule has 0 aliphatic heterocycles. The van der Waals surface area contributed by atoms with E-state index >= 15 is 0 Å². The van der Waals surface area contributed by atoms with E-state index in [4.69, 9.17) is 0 Å². The van der Waals surface area contributed by atoms with Gasteiger partial charge in [-0.3, -0.25) is 24.3 Å². The molecule has 184 valence electrons. The van der Waals surface area contributed by atoms with Gasteiger partial charge in [-0.2, -0.15) is 24.3 Å². The zero-order valence-corrected chi connectivity index (χ0v) is 31.1. The molecule has 0 fully saturated rings. The second-order valence-corrected chi connectivity index (χ2v) is 15.2. The fraction of sp³-hybridized carbons (Fsp3) is 0.400. The first kappa shape index (κ1) is 41.1. The number of allylic oxidation sites excluding steroid dienone is 16. The molecule has 0 N–H and O–H groups in total. The summed E-state index contributed by atoms with van der Waals surface area (Å²) in [5, 5.41) is 0. The van der Waals surface area contributed by atoms with Crippen LogP contribution < -0.4 is 0 Å². The third-order valence-corrected chi connectivity index (χ3v) is 3.49. The molecule has 0 atom stereocenters. The maximum absolute atomic E-state index is 3.05. The van der Waals surface area contributed by atoms with Crippen LogP contribution in [0.1, 0.15) is 81.1 Å². The predicted molar refractivity (Wildman–Crippen MR) is 152 cm³/mol. The Morgan fingerprint density at radius 2 is 0.647 bits per heavy atom. The molecule has 4 aliphatic carbocycles. The quantitative estimate of drug-likeness (QED) is 0.169. The van der Waals surface area contributed by atoms with E-state index < -0.39 is 0 Å². The van der Waals surface area contributed by atoms with Gasteiger partial charge < -0.3 is 0 Å². The molecule has 0 amide bonds. The Morgan fingerprint density at radius 3 is 0.676 bits per heavy atom. The molecule has 0 saturated carbocycles. The molecule has 0 heterocycles. The third-order valence-electron chi connectivity index (χ3n) is 3.49. The first-order valence-corrected chi connectivity index (χ1v) is 14.6. The Bertz CT molecular complexity index is 659.